The molecule has 0 radical (unpaired) electrons. The van der Waals surface area contributed by atoms with Crippen molar-refractivity contribution in [3.8, 4) is 0 Å². The molecule has 0 aliphatic carbocycles. The van der Waals surface area contributed by atoms with Gasteiger partial charge in [0.15, 0.2) is 0 Å². The molecule has 1 aromatic heterocycles. The summed E-state index contributed by atoms with van der Waals surface area (Å²) in [5.74, 6) is 1.20. The number of nitrogens with zero attached hydrogens (tertiary/aromatic N) is 3. The van der Waals surface area contributed by atoms with Crippen molar-refractivity contribution in [2.75, 3.05) is 18.1 Å². The topological polar surface area (TPSA) is 67.3 Å². The average molecular weight is 352 g/mol. The molecule has 2 aromatic rings. The van der Waals surface area contributed by atoms with Gasteiger partial charge in [0, 0.05) is 30.9 Å². The van der Waals surface area contributed by atoms with Gasteiger partial charge in [-0.1, -0.05) is 18.2 Å². The van der Waals surface area contributed by atoms with E-state index >= 15 is 0 Å². The van der Waals surface area contributed by atoms with Gasteiger partial charge in [0.1, 0.15) is 17.3 Å². The second-order valence-electron chi connectivity index (χ2n) is 7.06. The number of anilines is 2. The Morgan fingerprint density at radius 1 is 1.35 bits per heavy atom. The van der Waals surface area contributed by atoms with E-state index in [1.165, 1.54) is 5.56 Å². The second-order valence-corrected chi connectivity index (χ2v) is 7.06. The Labute approximate surface area is 153 Å². The maximum absolute atomic E-state index is 12.6. The summed E-state index contributed by atoms with van der Waals surface area (Å²) in [4.78, 5) is 23.7. The number of hydrogen-bond donors (Lipinski definition) is 1. The Kier molecular flexibility index (Phi) is 4.59. The lowest BCUT2D eigenvalue weighted by Gasteiger charge is -2.24. The zero-order chi connectivity index (χ0) is 18.1. The van der Waals surface area contributed by atoms with Gasteiger partial charge in [0.05, 0.1) is 6.10 Å². The van der Waals surface area contributed by atoms with E-state index in [-0.39, 0.29) is 12.0 Å². The fourth-order valence-electron chi connectivity index (χ4n) is 3.81. The van der Waals surface area contributed by atoms with Crippen molar-refractivity contribution in [1.82, 2.24) is 15.3 Å². The molecule has 6 nitrogen and oxygen atoms in total. The first-order valence-corrected chi connectivity index (χ1v) is 9.24. The summed E-state index contributed by atoms with van der Waals surface area (Å²) in [5.41, 5.74) is 2.87. The third-order valence-corrected chi connectivity index (χ3v) is 5.03. The van der Waals surface area contributed by atoms with Gasteiger partial charge in [-0.2, -0.15) is 0 Å². The van der Waals surface area contributed by atoms with Crippen LogP contribution in [0.15, 0.2) is 30.3 Å². The van der Waals surface area contributed by atoms with Crippen LogP contribution in [0.3, 0.4) is 0 Å². The number of carbonyl (C=O) groups excluding carboxylic acids is 1. The van der Waals surface area contributed by atoms with E-state index in [1.54, 1.807) is 6.07 Å². The summed E-state index contributed by atoms with van der Waals surface area (Å²) in [5, 5.41) is 2.94. The van der Waals surface area contributed by atoms with Crippen molar-refractivity contribution in [3.05, 3.63) is 47.4 Å². The van der Waals surface area contributed by atoms with Gasteiger partial charge in [-0.05, 0) is 44.7 Å². The number of ether oxygens (including phenoxy) is 1. The molecule has 3 heterocycles. The molecule has 0 saturated carbocycles. The monoisotopic (exact) mass is 352 g/mol. The van der Waals surface area contributed by atoms with Crippen LogP contribution in [0, 0.1) is 6.92 Å². The molecule has 1 fully saturated rings. The fraction of sp³-hybridized carbons (Fsp3) is 0.450. The first-order valence-electron chi connectivity index (χ1n) is 9.24. The van der Waals surface area contributed by atoms with Crippen LogP contribution in [0.2, 0.25) is 0 Å². The SMILES string of the molecule is Cc1nc(C(=O)NCC2CCCO2)cc(N2c3ccccc3CC2C)n1. The van der Waals surface area contributed by atoms with Crippen molar-refractivity contribution < 1.29 is 9.53 Å². The minimum Gasteiger partial charge on any atom is -0.376 e. The molecule has 0 spiro atoms. The Morgan fingerprint density at radius 2 is 2.19 bits per heavy atom. The Hall–Kier alpha value is -2.47. The quantitative estimate of drug-likeness (QED) is 0.916. The summed E-state index contributed by atoms with van der Waals surface area (Å²) < 4.78 is 5.57. The number of carbonyl (C=O) groups is 1. The van der Waals surface area contributed by atoms with Crippen LogP contribution in [0.5, 0.6) is 0 Å². The van der Waals surface area contributed by atoms with Gasteiger partial charge >= 0.3 is 0 Å². The molecule has 2 aliphatic heterocycles. The lowest BCUT2D eigenvalue weighted by Crippen LogP contribution is -2.33. The number of para-hydroxylation sites is 1. The van der Waals surface area contributed by atoms with Crippen LogP contribution in [-0.2, 0) is 11.2 Å². The predicted octanol–water partition coefficient (Wildman–Crippen LogP) is 2.78. The van der Waals surface area contributed by atoms with E-state index in [2.05, 4.69) is 45.3 Å². The van der Waals surface area contributed by atoms with Gasteiger partial charge < -0.3 is 15.0 Å². The van der Waals surface area contributed by atoms with Gasteiger partial charge in [-0.25, -0.2) is 9.97 Å². The van der Waals surface area contributed by atoms with Gasteiger partial charge in [-0.15, -0.1) is 0 Å². The summed E-state index contributed by atoms with van der Waals surface area (Å²) >= 11 is 0. The number of fused-ring (bicyclic) bond motifs is 1. The van der Waals surface area contributed by atoms with Crippen LogP contribution in [0.25, 0.3) is 0 Å². The van der Waals surface area contributed by atoms with Crippen molar-refractivity contribution in [2.24, 2.45) is 0 Å². The highest BCUT2D eigenvalue weighted by Gasteiger charge is 2.28. The van der Waals surface area contributed by atoms with E-state index < -0.39 is 0 Å². The predicted molar refractivity (Wildman–Crippen MR) is 99.8 cm³/mol. The van der Waals surface area contributed by atoms with Crippen LogP contribution in [0.4, 0.5) is 11.5 Å². The number of hydrogen-bond acceptors (Lipinski definition) is 5. The molecule has 2 unspecified atom stereocenters. The second kappa shape index (κ2) is 7.03. The first kappa shape index (κ1) is 17.0. The number of amides is 1. The summed E-state index contributed by atoms with van der Waals surface area (Å²) in [6.07, 6.45) is 3.14. The maximum Gasteiger partial charge on any atom is 0.270 e. The van der Waals surface area contributed by atoms with Gasteiger partial charge in [-0.3, -0.25) is 4.79 Å². The number of aryl methyl sites for hydroxylation is 1. The molecule has 1 amide bonds. The van der Waals surface area contributed by atoms with Crippen molar-refractivity contribution in [1.29, 1.82) is 0 Å². The molecule has 26 heavy (non-hydrogen) atoms. The highest BCUT2D eigenvalue weighted by molar-refractivity contribution is 5.93. The largest absolute Gasteiger partial charge is 0.376 e. The van der Waals surface area contributed by atoms with Crippen molar-refractivity contribution >= 4 is 17.4 Å². The Bertz CT molecular complexity index is 817. The minimum absolute atomic E-state index is 0.117. The molecule has 0 bridgehead atoms. The van der Waals surface area contributed by atoms with Crippen LogP contribution >= 0.6 is 0 Å². The molecule has 6 heteroatoms. The van der Waals surface area contributed by atoms with E-state index in [0.717, 1.165) is 37.4 Å². The molecule has 1 saturated heterocycles. The van der Waals surface area contributed by atoms with E-state index in [1.807, 2.05) is 13.0 Å². The first-order chi connectivity index (χ1) is 12.6. The molecule has 1 N–H and O–H groups in total. The fourth-order valence-corrected chi connectivity index (χ4v) is 3.81. The number of benzene rings is 1. The maximum atomic E-state index is 12.6. The lowest BCUT2D eigenvalue weighted by atomic mass is 10.1. The molecular weight excluding hydrogens is 328 g/mol. The molecule has 4 rings (SSSR count). The van der Waals surface area contributed by atoms with Crippen LogP contribution < -0.4 is 10.2 Å². The zero-order valence-electron chi connectivity index (χ0n) is 15.2. The van der Waals surface area contributed by atoms with Crippen molar-refractivity contribution in [3.63, 3.8) is 0 Å². The number of rotatable bonds is 4. The standard InChI is InChI=1S/C20H24N4O2/c1-13-10-15-6-3-4-8-18(15)24(13)19-11-17(22-14(2)23-19)20(25)21-12-16-7-5-9-26-16/h3-4,6,8,11,13,16H,5,7,9-10,12H2,1-2H3,(H,21,25). The molecule has 2 aliphatic rings. The molecule has 136 valence electrons. The average Bonchev–Trinajstić information content (AvgIpc) is 3.25. The summed E-state index contributed by atoms with van der Waals surface area (Å²) in [6, 6.07) is 10.4. The lowest BCUT2D eigenvalue weighted by molar-refractivity contribution is 0.0853. The van der Waals surface area contributed by atoms with E-state index in [4.69, 9.17) is 4.74 Å². The Balaban J connectivity index is 1.57. The third-order valence-electron chi connectivity index (χ3n) is 5.03. The van der Waals surface area contributed by atoms with Crippen molar-refractivity contribution in [2.45, 2.75) is 45.3 Å². The minimum atomic E-state index is -0.174. The highest BCUT2D eigenvalue weighted by atomic mass is 16.5. The number of nitrogens with one attached hydrogen (secondary N) is 1. The molecular formula is C20H24N4O2. The van der Waals surface area contributed by atoms with Crippen LogP contribution in [0.1, 0.15) is 41.6 Å². The summed E-state index contributed by atoms with van der Waals surface area (Å²) in [7, 11) is 0. The van der Waals surface area contributed by atoms with Gasteiger partial charge in [0.2, 0.25) is 0 Å². The van der Waals surface area contributed by atoms with Gasteiger partial charge in [0.25, 0.3) is 5.91 Å². The number of aromatic nitrogens is 2. The van der Waals surface area contributed by atoms with Crippen LogP contribution in [-0.4, -0.2) is 41.2 Å². The van der Waals surface area contributed by atoms with E-state index in [9.17, 15) is 4.79 Å². The normalized spacial score (nSPS) is 21.7. The third kappa shape index (κ3) is 3.29. The smallest absolute Gasteiger partial charge is 0.270 e. The highest BCUT2D eigenvalue weighted by Crippen LogP contribution is 2.37. The molecule has 1 aromatic carbocycles. The summed E-state index contributed by atoms with van der Waals surface area (Å²) in [6.45, 7) is 5.31. The molecule has 2 atom stereocenters. The Morgan fingerprint density at radius 3 is 3.00 bits per heavy atom. The zero-order valence-corrected chi connectivity index (χ0v) is 15.2. The van der Waals surface area contributed by atoms with E-state index in [0.29, 0.717) is 24.1 Å².